The van der Waals surface area contributed by atoms with Crippen LogP contribution in [0.15, 0.2) is 48.8 Å². The Morgan fingerprint density at radius 2 is 1.82 bits per heavy atom. The molecule has 3 aliphatic carbocycles. The number of hydrogen-bond donors (Lipinski definition) is 2. The number of carbonyl (C=O) groups excluding carboxylic acids is 2. The molecule has 9 heteroatoms. The van der Waals surface area contributed by atoms with Gasteiger partial charge in [0.15, 0.2) is 6.10 Å². The van der Waals surface area contributed by atoms with Gasteiger partial charge in [-0.3, -0.25) is 4.98 Å². The predicted octanol–water partition coefficient (Wildman–Crippen LogP) is 3.11. The standard InChI is InChI=1S/C29H32N2O7/c1-25(2)19-13-20(37-23(33)22(32)21(31-24(34)35-4)16-9-11-30-12-10-16)26(25,3)28-14-27(15-36-27)17-7-5-6-8-18(17)29(19,28)38-28/h5-12,19-22,32H,13-15H2,1-4H3,(H,31,34)/t19?,20?,21-,22+,26?,27-,28-,29+/m0/s1. The topological polar surface area (TPSA) is 123 Å². The lowest BCUT2D eigenvalue weighted by Gasteiger charge is -2.46. The van der Waals surface area contributed by atoms with Gasteiger partial charge in [0.1, 0.15) is 22.9 Å². The third-order valence-corrected chi connectivity index (χ3v) is 10.7. The quantitative estimate of drug-likeness (QED) is 0.456. The van der Waals surface area contributed by atoms with Gasteiger partial charge in [-0.05, 0) is 40.7 Å². The Bertz CT molecular complexity index is 1340. The number of benzene rings is 1. The molecular weight excluding hydrogens is 488 g/mol. The number of fused-ring (bicyclic) bond motifs is 4. The van der Waals surface area contributed by atoms with Crippen molar-refractivity contribution in [3.8, 4) is 0 Å². The summed E-state index contributed by atoms with van der Waals surface area (Å²) in [6.45, 7) is 7.31. The Hall–Kier alpha value is -3.01. The molecule has 9 nitrogen and oxygen atoms in total. The second kappa shape index (κ2) is 7.34. The van der Waals surface area contributed by atoms with Gasteiger partial charge in [0, 0.05) is 30.1 Å². The second-order valence-electron chi connectivity index (χ2n) is 12.1. The first kappa shape index (κ1) is 24.1. The Morgan fingerprint density at radius 1 is 1.13 bits per heavy atom. The molecule has 1 aromatic carbocycles. The summed E-state index contributed by atoms with van der Waals surface area (Å²) in [6.07, 6.45) is 1.51. The molecule has 2 bridgehead atoms. The van der Waals surface area contributed by atoms with Crippen molar-refractivity contribution in [2.24, 2.45) is 16.7 Å². The molecule has 3 unspecified atom stereocenters. The minimum absolute atomic E-state index is 0.122. The summed E-state index contributed by atoms with van der Waals surface area (Å²) >= 11 is 0. The molecule has 1 amide bonds. The van der Waals surface area contributed by atoms with E-state index < -0.39 is 46.9 Å². The SMILES string of the molecule is COC(=O)N[C@@H](c1ccncc1)[C@@H](O)C(=O)OC1CC2C(C)(C)C1(C)[C@@]13C[C@]4(CO4)c4ccccc4[C@@]21O3. The van der Waals surface area contributed by atoms with E-state index in [0.29, 0.717) is 25.0 Å². The van der Waals surface area contributed by atoms with Crippen LogP contribution in [-0.2, 0) is 34.9 Å². The molecule has 38 heavy (non-hydrogen) atoms. The number of rotatable bonds is 5. The number of aromatic nitrogens is 1. The van der Waals surface area contributed by atoms with Gasteiger partial charge < -0.3 is 29.4 Å². The Morgan fingerprint density at radius 3 is 2.47 bits per heavy atom. The maximum absolute atomic E-state index is 13.5. The average molecular weight is 521 g/mol. The first-order valence-corrected chi connectivity index (χ1v) is 13.1. The number of ether oxygens (including phenoxy) is 4. The smallest absolute Gasteiger partial charge is 0.407 e. The van der Waals surface area contributed by atoms with Crippen LogP contribution in [0.1, 0.15) is 56.3 Å². The Labute approximate surface area is 220 Å². The third kappa shape index (κ3) is 2.60. The molecule has 1 spiro atoms. The van der Waals surface area contributed by atoms with E-state index in [1.807, 2.05) is 0 Å². The van der Waals surface area contributed by atoms with Gasteiger partial charge in [-0.2, -0.15) is 0 Å². The fourth-order valence-electron chi connectivity index (χ4n) is 8.54. The number of nitrogens with one attached hydrogen (secondary N) is 1. The predicted molar refractivity (Wildman–Crippen MR) is 133 cm³/mol. The molecule has 200 valence electrons. The van der Waals surface area contributed by atoms with Crippen molar-refractivity contribution in [1.29, 1.82) is 0 Å². The molecule has 8 atom stereocenters. The van der Waals surface area contributed by atoms with Gasteiger partial charge in [0.05, 0.1) is 19.8 Å². The summed E-state index contributed by atoms with van der Waals surface area (Å²) in [5, 5.41) is 13.7. The van der Waals surface area contributed by atoms with Crippen LogP contribution in [-0.4, -0.2) is 53.7 Å². The van der Waals surface area contributed by atoms with E-state index in [-0.39, 0.29) is 16.9 Å². The molecule has 7 rings (SSSR count). The van der Waals surface area contributed by atoms with Crippen molar-refractivity contribution in [3.05, 3.63) is 65.5 Å². The number of nitrogens with zero attached hydrogens (tertiary/aromatic N) is 1. The zero-order chi connectivity index (χ0) is 26.7. The van der Waals surface area contributed by atoms with Crippen LogP contribution in [0.4, 0.5) is 4.79 Å². The van der Waals surface area contributed by atoms with Crippen LogP contribution in [0.5, 0.6) is 0 Å². The van der Waals surface area contributed by atoms with E-state index in [0.717, 1.165) is 0 Å². The van der Waals surface area contributed by atoms with Crippen molar-refractivity contribution in [1.82, 2.24) is 10.3 Å². The molecule has 2 N–H and O–H groups in total. The number of amides is 1. The van der Waals surface area contributed by atoms with Crippen LogP contribution < -0.4 is 5.32 Å². The number of aliphatic hydroxyl groups is 1. The molecular formula is C29H32N2O7. The summed E-state index contributed by atoms with van der Waals surface area (Å²) in [6, 6.07) is 10.6. The van der Waals surface area contributed by atoms with Crippen LogP contribution in [0.2, 0.25) is 0 Å². The molecule has 4 fully saturated rings. The van der Waals surface area contributed by atoms with Crippen molar-refractivity contribution in [2.45, 2.75) is 68.7 Å². The second-order valence-corrected chi connectivity index (χ2v) is 12.1. The van der Waals surface area contributed by atoms with Crippen LogP contribution >= 0.6 is 0 Å². The number of epoxide rings is 2. The lowest BCUT2D eigenvalue weighted by Crippen LogP contribution is -2.54. The minimum atomic E-state index is -1.64. The van der Waals surface area contributed by atoms with E-state index in [2.05, 4.69) is 55.3 Å². The number of aliphatic hydroxyl groups excluding tert-OH is 1. The summed E-state index contributed by atoms with van der Waals surface area (Å²) in [4.78, 5) is 29.5. The highest BCUT2D eigenvalue weighted by Gasteiger charge is 2.97. The zero-order valence-electron chi connectivity index (χ0n) is 21.9. The fourth-order valence-corrected chi connectivity index (χ4v) is 8.54. The largest absolute Gasteiger partial charge is 0.460 e. The third-order valence-electron chi connectivity index (χ3n) is 10.7. The van der Waals surface area contributed by atoms with E-state index in [9.17, 15) is 14.7 Å². The van der Waals surface area contributed by atoms with Crippen LogP contribution in [0, 0.1) is 16.7 Å². The Kier molecular flexibility index (Phi) is 4.65. The Balaban J connectivity index is 1.21. The van der Waals surface area contributed by atoms with Gasteiger partial charge in [-0.1, -0.05) is 45.0 Å². The minimum Gasteiger partial charge on any atom is -0.460 e. The first-order valence-electron chi connectivity index (χ1n) is 13.1. The van der Waals surface area contributed by atoms with Gasteiger partial charge in [-0.15, -0.1) is 0 Å². The monoisotopic (exact) mass is 520 g/mol. The number of carbonyl (C=O) groups is 2. The molecule has 2 aliphatic heterocycles. The van der Waals surface area contributed by atoms with E-state index in [1.54, 1.807) is 12.1 Å². The number of esters is 1. The summed E-state index contributed by atoms with van der Waals surface area (Å²) < 4.78 is 23.8. The fraction of sp³-hybridized carbons (Fsp3) is 0.552. The molecule has 2 saturated heterocycles. The lowest BCUT2D eigenvalue weighted by molar-refractivity contribution is -0.173. The molecule has 2 saturated carbocycles. The van der Waals surface area contributed by atoms with E-state index in [4.69, 9.17) is 18.9 Å². The molecule has 3 heterocycles. The van der Waals surface area contributed by atoms with Crippen molar-refractivity contribution in [3.63, 3.8) is 0 Å². The van der Waals surface area contributed by atoms with Crippen LogP contribution in [0.25, 0.3) is 0 Å². The lowest BCUT2D eigenvalue weighted by atomic mass is 9.58. The number of pyridine rings is 1. The first-order chi connectivity index (χ1) is 18.1. The average Bonchev–Trinajstić information content (AvgIpc) is 3.82. The highest BCUT2D eigenvalue weighted by Crippen LogP contribution is 2.90. The van der Waals surface area contributed by atoms with E-state index >= 15 is 0 Å². The van der Waals surface area contributed by atoms with E-state index in [1.165, 1.54) is 30.6 Å². The highest BCUT2D eigenvalue weighted by molar-refractivity contribution is 5.78. The summed E-state index contributed by atoms with van der Waals surface area (Å²) in [5.74, 6) is -0.676. The summed E-state index contributed by atoms with van der Waals surface area (Å²) in [5.41, 5.74) is 0.903. The van der Waals surface area contributed by atoms with Gasteiger partial charge >= 0.3 is 12.1 Å². The molecule has 2 aromatic rings. The normalized spacial score (nSPS) is 39.8. The number of hydrogen-bond acceptors (Lipinski definition) is 8. The highest BCUT2D eigenvalue weighted by atomic mass is 16.7. The van der Waals surface area contributed by atoms with Crippen molar-refractivity contribution >= 4 is 12.1 Å². The van der Waals surface area contributed by atoms with Gasteiger partial charge in [0.2, 0.25) is 0 Å². The zero-order valence-corrected chi connectivity index (χ0v) is 21.9. The molecule has 1 aromatic heterocycles. The maximum atomic E-state index is 13.5. The molecule has 0 radical (unpaired) electrons. The maximum Gasteiger partial charge on any atom is 0.407 e. The summed E-state index contributed by atoms with van der Waals surface area (Å²) in [7, 11) is 1.22. The van der Waals surface area contributed by atoms with Gasteiger partial charge in [0.25, 0.3) is 0 Å². The van der Waals surface area contributed by atoms with Crippen LogP contribution in [0.3, 0.4) is 0 Å². The number of alkyl carbamates (subject to hydrolysis) is 1. The number of methoxy groups -OCH3 is 1. The molecule has 5 aliphatic rings. The van der Waals surface area contributed by atoms with Crippen molar-refractivity contribution in [2.75, 3.05) is 13.7 Å². The van der Waals surface area contributed by atoms with Crippen molar-refractivity contribution < 1.29 is 33.6 Å². The van der Waals surface area contributed by atoms with Gasteiger partial charge in [-0.25, -0.2) is 9.59 Å².